The van der Waals surface area contributed by atoms with Crippen molar-refractivity contribution in [1.82, 2.24) is 0 Å². The predicted octanol–water partition coefficient (Wildman–Crippen LogP) is 6.41. The average Bonchev–Trinajstić information content (AvgIpc) is 2.79. The number of rotatable bonds is 13. The van der Waals surface area contributed by atoms with Gasteiger partial charge in [0.1, 0.15) is 11.5 Å². The summed E-state index contributed by atoms with van der Waals surface area (Å²) in [6.45, 7) is 7.28. The first-order valence-corrected chi connectivity index (χ1v) is 11.6. The Bertz CT molecular complexity index is 880. The Labute approximate surface area is 201 Å². The zero-order chi connectivity index (χ0) is 24.8. The molecule has 0 saturated carbocycles. The smallest absolute Gasteiger partial charge is 0.456 e. The fraction of sp³-hybridized carbons (Fsp3) is 0.462. The summed E-state index contributed by atoms with van der Waals surface area (Å²) in [5.74, 6) is 0.963. The van der Waals surface area contributed by atoms with E-state index in [2.05, 4.69) is 6.92 Å². The maximum atomic E-state index is 11.6. The van der Waals surface area contributed by atoms with Gasteiger partial charge in [-0.1, -0.05) is 49.6 Å². The molecule has 0 aliphatic heterocycles. The van der Waals surface area contributed by atoms with Crippen LogP contribution in [0.15, 0.2) is 36.4 Å². The highest BCUT2D eigenvalue weighted by molar-refractivity contribution is 5.78. The molecule has 2 aromatic carbocycles. The van der Waals surface area contributed by atoms with Crippen LogP contribution in [-0.2, 0) is 25.4 Å². The van der Waals surface area contributed by atoms with E-state index in [9.17, 15) is 9.59 Å². The molecule has 34 heavy (non-hydrogen) atoms. The first kappa shape index (κ1) is 26.8. The Hall–Kier alpha value is -3.42. The summed E-state index contributed by atoms with van der Waals surface area (Å²) < 4.78 is 31.3. The van der Waals surface area contributed by atoms with Crippen LogP contribution in [-0.4, -0.2) is 39.1 Å². The second kappa shape index (κ2) is 14.7. The number of carbonyl (C=O) groups excluding carboxylic acids is 2. The van der Waals surface area contributed by atoms with Crippen LogP contribution in [0.1, 0.15) is 51.2 Å². The second-order valence-corrected chi connectivity index (χ2v) is 7.47. The van der Waals surface area contributed by atoms with Crippen LogP contribution < -0.4 is 9.47 Å². The van der Waals surface area contributed by atoms with Gasteiger partial charge in [0.25, 0.3) is 0 Å². The molecule has 0 bridgehead atoms. The highest BCUT2D eigenvalue weighted by Gasteiger charge is 2.18. The zero-order valence-corrected chi connectivity index (χ0v) is 20.4. The van der Waals surface area contributed by atoms with E-state index in [0.29, 0.717) is 17.1 Å². The standard InChI is InChI=1S/C26H34O8/c1-5-8-9-12-20-15-22(31-17-33-25(27)29-6-2)24(21-13-10-11-19(4)14-21)23(16-20)32-18-34-26(28)30-7-3/h10-11,13-16H,5-9,12,17-18H2,1-4H3. The Kier molecular flexibility index (Phi) is 11.6. The molecule has 0 aromatic heterocycles. The van der Waals surface area contributed by atoms with Crippen LogP contribution in [0.5, 0.6) is 11.5 Å². The minimum atomic E-state index is -0.807. The first-order chi connectivity index (χ1) is 16.5. The number of ether oxygens (including phenoxy) is 6. The van der Waals surface area contributed by atoms with Crippen molar-refractivity contribution < 1.29 is 38.0 Å². The number of aryl methyl sites for hydroxylation is 2. The lowest BCUT2D eigenvalue weighted by Crippen LogP contribution is -2.14. The number of carbonyl (C=O) groups is 2. The molecule has 0 aliphatic rings. The number of benzene rings is 2. The molecule has 0 saturated heterocycles. The third kappa shape index (κ3) is 8.84. The molecule has 2 aromatic rings. The van der Waals surface area contributed by atoms with Gasteiger partial charge in [0.05, 0.1) is 18.8 Å². The minimum Gasteiger partial charge on any atom is -0.456 e. The van der Waals surface area contributed by atoms with E-state index >= 15 is 0 Å². The summed E-state index contributed by atoms with van der Waals surface area (Å²) in [5, 5.41) is 0. The van der Waals surface area contributed by atoms with Gasteiger partial charge in [0, 0.05) is 0 Å². The fourth-order valence-corrected chi connectivity index (χ4v) is 3.28. The van der Waals surface area contributed by atoms with Crippen LogP contribution in [0.3, 0.4) is 0 Å². The lowest BCUT2D eigenvalue weighted by atomic mass is 9.97. The molecule has 0 fully saturated rings. The number of hydrogen-bond donors (Lipinski definition) is 0. The highest BCUT2D eigenvalue weighted by Crippen LogP contribution is 2.40. The van der Waals surface area contributed by atoms with Crippen molar-refractivity contribution in [2.75, 3.05) is 26.8 Å². The number of hydrogen-bond acceptors (Lipinski definition) is 8. The quantitative estimate of drug-likeness (QED) is 0.187. The molecule has 0 N–H and O–H groups in total. The molecule has 0 heterocycles. The third-order valence-corrected chi connectivity index (χ3v) is 4.81. The Morgan fingerprint density at radius 1 is 0.765 bits per heavy atom. The van der Waals surface area contributed by atoms with E-state index in [1.165, 1.54) is 0 Å². The molecule has 0 spiro atoms. The van der Waals surface area contributed by atoms with Gasteiger partial charge >= 0.3 is 12.3 Å². The highest BCUT2D eigenvalue weighted by atomic mass is 16.8. The van der Waals surface area contributed by atoms with Crippen molar-refractivity contribution in [2.24, 2.45) is 0 Å². The van der Waals surface area contributed by atoms with Gasteiger partial charge in [-0.25, -0.2) is 9.59 Å². The van der Waals surface area contributed by atoms with Crippen molar-refractivity contribution in [3.05, 3.63) is 47.5 Å². The normalized spacial score (nSPS) is 10.4. The van der Waals surface area contributed by atoms with Gasteiger partial charge in [0.2, 0.25) is 13.6 Å². The summed E-state index contributed by atoms with van der Waals surface area (Å²) in [5.41, 5.74) is 3.54. The maximum absolute atomic E-state index is 11.6. The average molecular weight is 475 g/mol. The van der Waals surface area contributed by atoms with Gasteiger partial charge in [-0.2, -0.15) is 0 Å². The number of unbranched alkanes of at least 4 members (excludes halogenated alkanes) is 2. The van der Waals surface area contributed by atoms with E-state index in [0.717, 1.165) is 42.4 Å². The van der Waals surface area contributed by atoms with Crippen molar-refractivity contribution in [1.29, 1.82) is 0 Å². The lowest BCUT2D eigenvalue weighted by Gasteiger charge is -2.19. The summed E-state index contributed by atoms with van der Waals surface area (Å²) >= 11 is 0. The summed E-state index contributed by atoms with van der Waals surface area (Å²) in [6, 6.07) is 11.7. The largest absolute Gasteiger partial charge is 0.511 e. The van der Waals surface area contributed by atoms with Crippen LogP contribution in [0, 0.1) is 6.92 Å². The Balaban J connectivity index is 2.39. The van der Waals surface area contributed by atoms with Crippen molar-refractivity contribution in [3.8, 4) is 22.6 Å². The van der Waals surface area contributed by atoms with E-state index in [-0.39, 0.29) is 26.8 Å². The Morgan fingerprint density at radius 3 is 1.85 bits per heavy atom. The maximum Gasteiger partial charge on any atom is 0.511 e. The third-order valence-electron chi connectivity index (χ3n) is 4.81. The van der Waals surface area contributed by atoms with Crippen LogP contribution >= 0.6 is 0 Å². The molecule has 2 rings (SSSR count). The monoisotopic (exact) mass is 474 g/mol. The van der Waals surface area contributed by atoms with Crippen LogP contribution in [0.25, 0.3) is 11.1 Å². The molecule has 0 aliphatic carbocycles. The van der Waals surface area contributed by atoms with Gasteiger partial charge in [0.15, 0.2) is 0 Å². The SMILES string of the molecule is CCCCCc1cc(OCOC(=O)OCC)c(-c2cccc(C)c2)c(OCOC(=O)OCC)c1. The predicted molar refractivity (Wildman–Crippen MR) is 127 cm³/mol. The topological polar surface area (TPSA) is 89.5 Å². The molecule has 0 unspecified atom stereocenters. The van der Waals surface area contributed by atoms with Crippen LogP contribution in [0.2, 0.25) is 0 Å². The van der Waals surface area contributed by atoms with Gasteiger partial charge in [-0.05, 0) is 56.9 Å². The molecule has 186 valence electrons. The van der Waals surface area contributed by atoms with E-state index < -0.39 is 12.3 Å². The molecule has 8 nitrogen and oxygen atoms in total. The Morgan fingerprint density at radius 2 is 1.35 bits per heavy atom. The van der Waals surface area contributed by atoms with Gasteiger partial charge < -0.3 is 28.4 Å². The summed E-state index contributed by atoms with van der Waals surface area (Å²) in [4.78, 5) is 23.2. The minimum absolute atomic E-state index is 0.207. The van der Waals surface area contributed by atoms with E-state index in [1.54, 1.807) is 13.8 Å². The lowest BCUT2D eigenvalue weighted by molar-refractivity contribution is 0.00565. The second-order valence-electron chi connectivity index (χ2n) is 7.47. The molecular weight excluding hydrogens is 440 g/mol. The molecule has 8 heteroatoms. The first-order valence-electron chi connectivity index (χ1n) is 11.6. The van der Waals surface area contributed by atoms with Crippen molar-refractivity contribution in [3.63, 3.8) is 0 Å². The molecule has 0 radical (unpaired) electrons. The van der Waals surface area contributed by atoms with Crippen molar-refractivity contribution >= 4 is 12.3 Å². The zero-order valence-electron chi connectivity index (χ0n) is 20.4. The van der Waals surface area contributed by atoms with Gasteiger partial charge in [-0.3, -0.25) is 0 Å². The van der Waals surface area contributed by atoms with Crippen LogP contribution in [0.4, 0.5) is 9.59 Å². The van der Waals surface area contributed by atoms with E-state index in [4.69, 9.17) is 28.4 Å². The van der Waals surface area contributed by atoms with E-state index in [1.807, 2.05) is 43.3 Å². The molecule has 0 amide bonds. The van der Waals surface area contributed by atoms with Crippen molar-refractivity contribution in [2.45, 2.75) is 53.4 Å². The summed E-state index contributed by atoms with van der Waals surface area (Å²) in [6.07, 6.45) is 2.37. The molecule has 0 atom stereocenters. The van der Waals surface area contributed by atoms with Gasteiger partial charge in [-0.15, -0.1) is 0 Å². The molecular formula is C26H34O8. The summed E-state index contributed by atoms with van der Waals surface area (Å²) in [7, 11) is 0. The fourth-order valence-electron chi connectivity index (χ4n) is 3.28.